The molecule has 1 saturated carbocycles. The van der Waals surface area contributed by atoms with Crippen LogP contribution in [0.4, 0.5) is 8.78 Å². The summed E-state index contributed by atoms with van der Waals surface area (Å²) in [6.45, 7) is 3.75. The van der Waals surface area contributed by atoms with Crippen molar-refractivity contribution in [1.82, 2.24) is 15.3 Å². The molecule has 26 heavy (non-hydrogen) atoms. The molecule has 1 aromatic heterocycles. The number of amides is 1. The largest absolute Gasteiger partial charge is 0.343 e. The Morgan fingerprint density at radius 3 is 2.19 bits per heavy atom. The zero-order valence-corrected chi connectivity index (χ0v) is 14.4. The lowest BCUT2D eigenvalue weighted by molar-refractivity contribution is 0.0930. The molecule has 1 heterocycles. The molecule has 1 aliphatic rings. The highest BCUT2D eigenvalue weighted by molar-refractivity contribution is 5.98. The summed E-state index contributed by atoms with van der Waals surface area (Å²) in [7, 11) is 0. The summed E-state index contributed by atoms with van der Waals surface area (Å²) < 4.78 is 27.0. The molecule has 1 fully saturated rings. The Labute approximate surface area is 149 Å². The van der Waals surface area contributed by atoms with Gasteiger partial charge in [0.1, 0.15) is 11.6 Å². The van der Waals surface area contributed by atoms with Crippen LogP contribution in [0.25, 0.3) is 11.0 Å². The molecule has 0 unspecified atom stereocenters. The van der Waals surface area contributed by atoms with Crippen molar-refractivity contribution >= 4 is 16.9 Å². The van der Waals surface area contributed by atoms with E-state index in [2.05, 4.69) is 15.3 Å². The van der Waals surface area contributed by atoms with Crippen LogP contribution in [0.2, 0.25) is 0 Å². The predicted molar refractivity (Wildman–Crippen MR) is 93.7 cm³/mol. The quantitative estimate of drug-likeness (QED) is 0.776. The van der Waals surface area contributed by atoms with Crippen LogP contribution in [-0.2, 0) is 5.54 Å². The summed E-state index contributed by atoms with van der Waals surface area (Å²) >= 11 is 0. The van der Waals surface area contributed by atoms with Gasteiger partial charge in [-0.05, 0) is 62.6 Å². The normalized spacial score (nSPS) is 15.1. The topological polar surface area (TPSA) is 54.9 Å². The molecule has 0 spiro atoms. The van der Waals surface area contributed by atoms with Gasteiger partial charge in [0, 0.05) is 11.6 Å². The number of carbonyl (C=O) groups is 1. The van der Waals surface area contributed by atoms with E-state index in [1.165, 1.54) is 12.1 Å². The summed E-state index contributed by atoms with van der Waals surface area (Å²) in [6.07, 6.45) is 1.29. The van der Waals surface area contributed by atoms with Crippen LogP contribution in [0.5, 0.6) is 0 Å². The first-order chi connectivity index (χ1) is 12.4. The molecule has 1 aliphatic carbocycles. The van der Waals surface area contributed by atoms with Gasteiger partial charge >= 0.3 is 0 Å². The molecule has 132 valence electrons. The van der Waals surface area contributed by atoms with Gasteiger partial charge in [-0.25, -0.2) is 18.7 Å². The molecule has 0 saturated heterocycles. The van der Waals surface area contributed by atoms with Crippen LogP contribution in [0.1, 0.15) is 40.2 Å². The van der Waals surface area contributed by atoms with Crippen LogP contribution in [0.15, 0.2) is 36.4 Å². The minimum absolute atomic E-state index is 0.297. The van der Waals surface area contributed by atoms with Crippen molar-refractivity contribution in [3.63, 3.8) is 0 Å². The standard InChI is InChI=1S/C20H17F2N3O/c1-11-12(2)24-18-7-13(3-4-17(18)23-11)19(26)25-20(5-6-20)14-8-15(21)10-16(22)9-14/h3-4,7-10H,5-6H2,1-2H3,(H,25,26). The third-order valence-electron chi connectivity index (χ3n) is 4.86. The van der Waals surface area contributed by atoms with E-state index < -0.39 is 17.2 Å². The molecule has 4 nitrogen and oxygen atoms in total. The number of aryl methyl sites for hydroxylation is 2. The first-order valence-electron chi connectivity index (χ1n) is 8.40. The summed E-state index contributed by atoms with van der Waals surface area (Å²) in [5.41, 5.74) is 3.21. The van der Waals surface area contributed by atoms with E-state index in [1.54, 1.807) is 18.2 Å². The Bertz CT molecular complexity index is 1020. The van der Waals surface area contributed by atoms with Crippen molar-refractivity contribution in [1.29, 1.82) is 0 Å². The maximum Gasteiger partial charge on any atom is 0.252 e. The van der Waals surface area contributed by atoms with Gasteiger partial charge in [-0.1, -0.05) is 0 Å². The van der Waals surface area contributed by atoms with E-state index in [0.29, 0.717) is 29.5 Å². The van der Waals surface area contributed by atoms with Gasteiger partial charge in [-0.15, -0.1) is 0 Å². The zero-order valence-electron chi connectivity index (χ0n) is 14.4. The number of nitrogens with zero attached hydrogens (tertiary/aromatic N) is 2. The fraction of sp³-hybridized carbons (Fsp3) is 0.250. The number of aromatic nitrogens is 2. The molecule has 0 aliphatic heterocycles. The molecule has 1 N–H and O–H groups in total. The fourth-order valence-electron chi connectivity index (χ4n) is 3.10. The smallest absolute Gasteiger partial charge is 0.252 e. The van der Waals surface area contributed by atoms with Crippen molar-refractivity contribution in [2.24, 2.45) is 0 Å². The highest BCUT2D eigenvalue weighted by atomic mass is 19.1. The molecule has 1 amide bonds. The Balaban J connectivity index is 1.64. The van der Waals surface area contributed by atoms with E-state index in [9.17, 15) is 13.6 Å². The van der Waals surface area contributed by atoms with Crippen LogP contribution < -0.4 is 5.32 Å². The van der Waals surface area contributed by atoms with Gasteiger partial charge in [-0.3, -0.25) is 4.79 Å². The lowest BCUT2D eigenvalue weighted by atomic mass is 10.0. The second-order valence-electron chi connectivity index (χ2n) is 6.79. The third kappa shape index (κ3) is 2.92. The second kappa shape index (κ2) is 5.83. The molecule has 0 atom stereocenters. The number of hydrogen-bond donors (Lipinski definition) is 1. The molecular formula is C20H17F2N3O. The van der Waals surface area contributed by atoms with Crippen LogP contribution >= 0.6 is 0 Å². The molecule has 0 bridgehead atoms. The highest BCUT2D eigenvalue weighted by Gasteiger charge is 2.46. The second-order valence-corrected chi connectivity index (χ2v) is 6.79. The van der Waals surface area contributed by atoms with Gasteiger partial charge in [0.2, 0.25) is 0 Å². The molecule has 6 heteroatoms. The fourth-order valence-corrected chi connectivity index (χ4v) is 3.10. The van der Waals surface area contributed by atoms with Crippen LogP contribution in [0.3, 0.4) is 0 Å². The molecule has 4 rings (SSSR count). The summed E-state index contributed by atoms with van der Waals surface area (Å²) in [5.74, 6) is -1.59. The van der Waals surface area contributed by atoms with Crippen molar-refractivity contribution in [3.05, 3.63) is 70.5 Å². The van der Waals surface area contributed by atoms with Gasteiger partial charge < -0.3 is 5.32 Å². The van der Waals surface area contributed by atoms with Gasteiger partial charge in [-0.2, -0.15) is 0 Å². The van der Waals surface area contributed by atoms with Crippen LogP contribution in [-0.4, -0.2) is 15.9 Å². The molecule has 3 aromatic rings. The Hall–Kier alpha value is -2.89. The number of halogens is 2. The number of rotatable bonds is 3. The SMILES string of the molecule is Cc1nc2ccc(C(=O)NC3(c4cc(F)cc(F)c4)CC3)cc2nc1C. The number of carbonyl (C=O) groups excluding carboxylic acids is 1. The van der Waals surface area contributed by atoms with Crippen molar-refractivity contribution < 1.29 is 13.6 Å². The number of benzene rings is 2. The summed E-state index contributed by atoms with van der Waals surface area (Å²) in [5, 5.41) is 2.92. The van der Waals surface area contributed by atoms with E-state index >= 15 is 0 Å². The van der Waals surface area contributed by atoms with Crippen molar-refractivity contribution in [2.45, 2.75) is 32.2 Å². The van der Waals surface area contributed by atoms with Crippen LogP contribution in [0, 0.1) is 25.5 Å². The Morgan fingerprint density at radius 2 is 1.58 bits per heavy atom. The highest BCUT2D eigenvalue weighted by Crippen LogP contribution is 2.46. The van der Waals surface area contributed by atoms with Gasteiger partial charge in [0.05, 0.1) is 28.0 Å². The predicted octanol–water partition coefficient (Wildman–Crippen LogP) is 3.94. The summed E-state index contributed by atoms with van der Waals surface area (Å²) in [6, 6.07) is 8.50. The molecule has 0 radical (unpaired) electrons. The lowest BCUT2D eigenvalue weighted by Crippen LogP contribution is -2.35. The lowest BCUT2D eigenvalue weighted by Gasteiger charge is -2.18. The van der Waals surface area contributed by atoms with Gasteiger partial charge in [0.15, 0.2) is 0 Å². The number of hydrogen-bond acceptors (Lipinski definition) is 3. The van der Waals surface area contributed by atoms with Crippen molar-refractivity contribution in [3.8, 4) is 0 Å². The molecular weight excluding hydrogens is 336 g/mol. The maximum atomic E-state index is 13.5. The minimum atomic E-state index is -0.705. The zero-order chi connectivity index (χ0) is 18.5. The monoisotopic (exact) mass is 353 g/mol. The van der Waals surface area contributed by atoms with E-state index in [0.717, 1.165) is 23.0 Å². The average molecular weight is 353 g/mol. The Kier molecular flexibility index (Phi) is 3.72. The number of nitrogens with one attached hydrogen (secondary N) is 1. The Morgan fingerprint density at radius 1 is 0.962 bits per heavy atom. The summed E-state index contributed by atoms with van der Waals surface area (Å²) in [4.78, 5) is 21.6. The number of fused-ring (bicyclic) bond motifs is 1. The third-order valence-corrected chi connectivity index (χ3v) is 4.86. The molecule has 2 aromatic carbocycles. The van der Waals surface area contributed by atoms with E-state index in [1.807, 2.05) is 13.8 Å². The first kappa shape index (κ1) is 16.6. The minimum Gasteiger partial charge on any atom is -0.343 e. The van der Waals surface area contributed by atoms with Gasteiger partial charge in [0.25, 0.3) is 5.91 Å². The van der Waals surface area contributed by atoms with E-state index in [4.69, 9.17) is 0 Å². The van der Waals surface area contributed by atoms with E-state index in [-0.39, 0.29) is 5.91 Å². The maximum absolute atomic E-state index is 13.5. The first-order valence-corrected chi connectivity index (χ1v) is 8.40. The van der Waals surface area contributed by atoms with Crippen molar-refractivity contribution in [2.75, 3.05) is 0 Å². The average Bonchev–Trinajstić information content (AvgIpc) is 3.35.